The summed E-state index contributed by atoms with van der Waals surface area (Å²) in [7, 11) is 0. The monoisotopic (exact) mass is 187 g/mol. The van der Waals surface area contributed by atoms with Crippen LogP contribution in [-0.4, -0.2) is 9.97 Å². The Bertz CT molecular complexity index is 483. The highest BCUT2D eigenvalue weighted by Crippen LogP contribution is 2.23. The molecule has 1 aromatic heterocycles. The SMILES string of the molecule is N#Cc1cccc(F)c1-c1cnc[nH]1. The maximum absolute atomic E-state index is 13.4. The van der Waals surface area contributed by atoms with E-state index in [0.717, 1.165) is 0 Å². The molecule has 3 nitrogen and oxygen atoms in total. The van der Waals surface area contributed by atoms with E-state index in [9.17, 15) is 4.39 Å². The number of rotatable bonds is 1. The summed E-state index contributed by atoms with van der Waals surface area (Å²) in [4.78, 5) is 6.55. The van der Waals surface area contributed by atoms with Crippen LogP contribution in [0.4, 0.5) is 4.39 Å². The lowest BCUT2D eigenvalue weighted by molar-refractivity contribution is 0.630. The first kappa shape index (κ1) is 8.45. The fourth-order valence-corrected chi connectivity index (χ4v) is 1.28. The van der Waals surface area contributed by atoms with Crippen molar-refractivity contribution in [2.45, 2.75) is 0 Å². The third-order valence-electron chi connectivity index (χ3n) is 1.90. The van der Waals surface area contributed by atoms with E-state index < -0.39 is 5.82 Å². The number of hydrogen-bond donors (Lipinski definition) is 1. The Morgan fingerprint density at radius 1 is 1.43 bits per heavy atom. The van der Waals surface area contributed by atoms with Gasteiger partial charge in [0.25, 0.3) is 0 Å². The number of H-pyrrole nitrogens is 1. The minimum absolute atomic E-state index is 0.271. The van der Waals surface area contributed by atoms with E-state index >= 15 is 0 Å². The number of aromatic amines is 1. The van der Waals surface area contributed by atoms with Crippen LogP contribution in [0.25, 0.3) is 11.3 Å². The van der Waals surface area contributed by atoms with Gasteiger partial charge in [-0.25, -0.2) is 9.37 Å². The molecule has 0 atom stereocenters. The number of benzene rings is 1. The summed E-state index contributed by atoms with van der Waals surface area (Å²) in [5, 5.41) is 8.79. The molecule has 4 heteroatoms. The van der Waals surface area contributed by atoms with Crippen LogP contribution >= 0.6 is 0 Å². The van der Waals surface area contributed by atoms with E-state index in [-0.39, 0.29) is 5.56 Å². The molecule has 2 rings (SSSR count). The third-order valence-corrected chi connectivity index (χ3v) is 1.90. The molecule has 0 fully saturated rings. The Labute approximate surface area is 79.8 Å². The van der Waals surface area contributed by atoms with Gasteiger partial charge >= 0.3 is 0 Å². The molecule has 2 aromatic rings. The summed E-state index contributed by atoms with van der Waals surface area (Å²) in [5.41, 5.74) is 1.08. The van der Waals surface area contributed by atoms with Crippen LogP contribution in [0.5, 0.6) is 0 Å². The summed E-state index contributed by atoms with van der Waals surface area (Å²) in [6, 6.07) is 6.33. The van der Waals surface area contributed by atoms with Gasteiger partial charge in [-0.2, -0.15) is 5.26 Å². The average Bonchev–Trinajstić information content (AvgIpc) is 2.70. The highest BCUT2D eigenvalue weighted by atomic mass is 19.1. The maximum atomic E-state index is 13.4. The van der Waals surface area contributed by atoms with Crippen molar-refractivity contribution < 1.29 is 4.39 Å². The number of imidazole rings is 1. The number of aromatic nitrogens is 2. The van der Waals surface area contributed by atoms with Gasteiger partial charge in [-0.1, -0.05) is 6.07 Å². The van der Waals surface area contributed by atoms with Crippen LogP contribution < -0.4 is 0 Å². The van der Waals surface area contributed by atoms with Crippen LogP contribution in [0.3, 0.4) is 0 Å². The van der Waals surface area contributed by atoms with E-state index in [1.807, 2.05) is 6.07 Å². The standard InChI is InChI=1S/C10H6FN3/c11-8-3-1-2-7(4-12)10(8)9-5-13-6-14-9/h1-3,5-6H,(H,13,14). The summed E-state index contributed by atoms with van der Waals surface area (Å²) < 4.78 is 13.4. The second-order valence-corrected chi connectivity index (χ2v) is 2.74. The van der Waals surface area contributed by atoms with Crippen LogP contribution in [0.2, 0.25) is 0 Å². The number of halogens is 1. The molecule has 0 aliphatic heterocycles. The van der Waals surface area contributed by atoms with Gasteiger partial charge in [0.2, 0.25) is 0 Å². The zero-order valence-corrected chi connectivity index (χ0v) is 7.16. The van der Waals surface area contributed by atoms with Crippen molar-refractivity contribution in [1.29, 1.82) is 5.26 Å². The highest BCUT2D eigenvalue weighted by Gasteiger charge is 2.10. The van der Waals surface area contributed by atoms with Crippen LogP contribution in [-0.2, 0) is 0 Å². The fourth-order valence-electron chi connectivity index (χ4n) is 1.28. The summed E-state index contributed by atoms with van der Waals surface area (Å²) in [5.74, 6) is -0.423. The highest BCUT2D eigenvalue weighted by molar-refractivity contribution is 5.67. The summed E-state index contributed by atoms with van der Waals surface area (Å²) >= 11 is 0. The van der Waals surface area contributed by atoms with Crippen molar-refractivity contribution in [3.63, 3.8) is 0 Å². The molecule has 1 heterocycles. The Morgan fingerprint density at radius 2 is 2.29 bits per heavy atom. The van der Waals surface area contributed by atoms with Crippen LogP contribution in [0, 0.1) is 17.1 Å². The molecule has 1 aromatic carbocycles. The molecule has 0 saturated heterocycles. The molecule has 0 saturated carbocycles. The zero-order valence-electron chi connectivity index (χ0n) is 7.16. The molecular weight excluding hydrogens is 181 g/mol. The van der Waals surface area contributed by atoms with Gasteiger partial charge in [0, 0.05) is 0 Å². The molecule has 68 valence electrons. The smallest absolute Gasteiger partial charge is 0.133 e. The lowest BCUT2D eigenvalue weighted by Crippen LogP contribution is -1.89. The average molecular weight is 187 g/mol. The molecule has 0 amide bonds. The fraction of sp³-hybridized carbons (Fsp3) is 0. The third kappa shape index (κ3) is 1.25. The summed E-state index contributed by atoms with van der Waals surface area (Å²) in [6.45, 7) is 0. The minimum Gasteiger partial charge on any atom is -0.345 e. The Balaban J connectivity index is 2.69. The predicted octanol–water partition coefficient (Wildman–Crippen LogP) is 2.09. The van der Waals surface area contributed by atoms with Crippen LogP contribution in [0.1, 0.15) is 5.56 Å². The number of nitrogens with one attached hydrogen (secondary N) is 1. The Morgan fingerprint density at radius 3 is 2.93 bits per heavy atom. The lowest BCUT2D eigenvalue weighted by Gasteiger charge is -2.01. The normalized spacial score (nSPS) is 9.71. The topological polar surface area (TPSA) is 52.5 Å². The molecule has 0 aliphatic rings. The van der Waals surface area contributed by atoms with Gasteiger partial charge in [0.1, 0.15) is 5.82 Å². The van der Waals surface area contributed by atoms with Crippen molar-refractivity contribution in [1.82, 2.24) is 9.97 Å². The first-order valence-corrected chi connectivity index (χ1v) is 4.00. The number of hydrogen-bond acceptors (Lipinski definition) is 2. The zero-order chi connectivity index (χ0) is 9.97. The number of nitrogens with zero attached hydrogens (tertiary/aromatic N) is 2. The largest absolute Gasteiger partial charge is 0.345 e. The molecule has 0 bridgehead atoms. The predicted molar refractivity (Wildman–Crippen MR) is 48.7 cm³/mol. The number of nitriles is 1. The Kier molecular flexibility index (Phi) is 1.99. The van der Waals surface area contributed by atoms with Crippen molar-refractivity contribution >= 4 is 0 Å². The van der Waals surface area contributed by atoms with Crippen molar-refractivity contribution in [3.05, 3.63) is 42.1 Å². The van der Waals surface area contributed by atoms with E-state index in [1.165, 1.54) is 24.7 Å². The van der Waals surface area contributed by atoms with Gasteiger partial charge < -0.3 is 4.98 Å². The second kappa shape index (κ2) is 3.30. The molecule has 14 heavy (non-hydrogen) atoms. The maximum Gasteiger partial charge on any atom is 0.133 e. The lowest BCUT2D eigenvalue weighted by atomic mass is 10.1. The quantitative estimate of drug-likeness (QED) is 0.743. The minimum atomic E-state index is -0.423. The molecule has 0 spiro atoms. The Hall–Kier alpha value is -2.15. The second-order valence-electron chi connectivity index (χ2n) is 2.74. The van der Waals surface area contributed by atoms with Gasteiger partial charge in [0.05, 0.1) is 35.4 Å². The van der Waals surface area contributed by atoms with Crippen LogP contribution in [0.15, 0.2) is 30.7 Å². The van der Waals surface area contributed by atoms with Crippen molar-refractivity contribution in [2.75, 3.05) is 0 Å². The first-order valence-electron chi connectivity index (χ1n) is 4.00. The first-order chi connectivity index (χ1) is 6.83. The van der Waals surface area contributed by atoms with Crippen molar-refractivity contribution in [2.24, 2.45) is 0 Å². The van der Waals surface area contributed by atoms with E-state index in [2.05, 4.69) is 9.97 Å². The molecule has 0 unspecified atom stereocenters. The van der Waals surface area contributed by atoms with Gasteiger partial charge in [-0.05, 0) is 12.1 Å². The van der Waals surface area contributed by atoms with Gasteiger partial charge in [-0.3, -0.25) is 0 Å². The molecule has 0 aliphatic carbocycles. The van der Waals surface area contributed by atoms with E-state index in [1.54, 1.807) is 6.07 Å². The molecule has 1 N–H and O–H groups in total. The van der Waals surface area contributed by atoms with Gasteiger partial charge in [-0.15, -0.1) is 0 Å². The molecule has 0 radical (unpaired) electrons. The van der Waals surface area contributed by atoms with E-state index in [0.29, 0.717) is 11.3 Å². The van der Waals surface area contributed by atoms with Gasteiger partial charge in [0.15, 0.2) is 0 Å². The summed E-state index contributed by atoms with van der Waals surface area (Å²) in [6.07, 6.45) is 2.93. The van der Waals surface area contributed by atoms with E-state index in [4.69, 9.17) is 5.26 Å². The van der Waals surface area contributed by atoms with Crippen molar-refractivity contribution in [3.8, 4) is 17.3 Å². The molecular formula is C10H6FN3.